The van der Waals surface area contributed by atoms with Gasteiger partial charge in [-0.2, -0.15) is 0 Å². The van der Waals surface area contributed by atoms with Crippen LogP contribution in [0.15, 0.2) is 30.3 Å². The zero-order valence-electron chi connectivity index (χ0n) is 10.5. The number of carbonyl (C=O) groups is 1. The number of benzene rings is 1. The van der Waals surface area contributed by atoms with Crippen LogP contribution in [0.3, 0.4) is 0 Å². The molecule has 0 saturated carbocycles. The monoisotopic (exact) mass is 277 g/mol. The Morgan fingerprint density at radius 2 is 2.00 bits per heavy atom. The molecule has 1 N–H and O–H groups in total. The van der Waals surface area contributed by atoms with E-state index in [0.29, 0.717) is 16.5 Å². The van der Waals surface area contributed by atoms with Crippen LogP contribution < -0.4 is 4.74 Å². The van der Waals surface area contributed by atoms with E-state index in [9.17, 15) is 4.79 Å². The van der Waals surface area contributed by atoms with Crippen LogP contribution in [0.25, 0.3) is 0 Å². The van der Waals surface area contributed by atoms with Crippen molar-refractivity contribution in [3.8, 4) is 11.6 Å². The van der Waals surface area contributed by atoms with Crippen LogP contribution in [0.4, 0.5) is 0 Å². The Hall–Kier alpha value is -2.07. The van der Waals surface area contributed by atoms with Crippen molar-refractivity contribution < 1.29 is 14.6 Å². The second-order valence-electron chi connectivity index (χ2n) is 4.18. The van der Waals surface area contributed by atoms with Gasteiger partial charge in [-0.25, -0.2) is 9.78 Å². The molecular weight excluding hydrogens is 266 g/mol. The molecule has 0 spiro atoms. The molecule has 0 radical (unpaired) electrons. The molecule has 0 atom stereocenters. The maximum atomic E-state index is 11.0. The van der Waals surface area contributed by atoms with Gasteiger partial charge in [-0.15, -0.1) is 0 Å². The third kappa shape index (κ3) is 3.23. The quantitative estimate of drug-likeness (QED) is 0.926. The van der Waals surface area contributed by atoms with E-state index < -0.39 is 5.97 Å². The second kappa shape index (κ2) is 5.28. The summed E-state index contributed by atoms with van der Waals surface area (Å²) >= 11 is 6.05. The molecule has 1 heterocycles. The number of pyridine rings is 1. The lowest BCUT2D eigenvalue weighted by atomic mass is 10.2. The van der Waals surface area contributed by atoms with Crippen molar-refractivity contribution in [2.45, 2.75) is 13.8 Å². The van der Waals surface area contributed by atoms with Crippen LogP contribution in [0, 0.1) is 13.8 Å². The highest BCUT2D eigenvalue weighted by atomic mass is 35.5. The molecule has 1 aromatic heterocycles. The fourth-order valence-electron chi connectivity index (χ4n) is 1.62. The van der Waals surface area contributed by atoms with Crippen LogP contribution in [0.2, 0.25) is 5.02 Å². The summed E-state index contributed by atoms with van der Waals surface area (Å²) in [6, 6.07) is 8.19. The van der Waals surface area contributed by atoms with Gasteiger partial charge in [0.05, 0.1) is 10.6 Å². The van der Waals surface area contributed by atoms with E-state index in [1.165, 1.54) is 12.1 Å². The minimum absolute atomic E-state index is 0.130. The minimum Gasteiger partial charge on any atom is -0.478 e. The molecule has 2 rings (SSSR count). The smallest absolute Gasteiger partial charge is 0.335 e. The van der Waals surface area contributed by atoms with Crippen LogP contribution in [-0.2, 0) is 0 Å². The maximum Gasteiger partial charge on any atom is 0.335 e. The summed E-state index contributed by atoms with van der Waals surface area (Å²) in [5, 5.41) is 9.44. The summed E-state index contributed by atoms with van der Waals surface area (Å²) in [5.74, 6) is -0.366. The fourth-order valence-corrected chi connectivity index (χ4v) is 1.89. The molecule has 2 aromatic rings. The van der Waals surface area contributed by atoms with E-state index in [2.05, 4.69) is 4.98 Å². The number of aryl methyl sites for hydroxylation is 2. The van der Waals surface area contributed by atoms with Gasteiger partial charge < -0.3 is 9.84 Å². The zero-order valence-corrected chi connectivity index (χ0v) is 11.2. The molecule has 0 aliphatic rings. The van der Waals surface area contributed by atoms with E-state index in [-0.39, 0.29) is 11.4 Å². The van der Waals surface area contributed by atoms with Gasteiger partial charge in [0, 0.05) is 11.8 Å². The summed E-state index contributed by atoms with van der Waals surface area (Å²) in [6.45, 7) is 3.62. The molecule has 0 unspecified atom stereocenters. The number of carboxylic acids is 1. The summed E-state index contributed by atoms with van der Waals surface area (Å²) in [5.41, 5.74) is 1.71. The van der Waals surface area contributed by atoms with Crippen molar-refractivity contribution in [1.82, 2.24) is 4.98 Å². The highest BCUT2D eigenvalue weighted by Gasteiger charge is 2.09. The molecule has 5 heteroatoms. The number of hydrogen-bond donors (Lipinski definition) is 1. The number of halogens is 1. The van der Waals surface area contributed by atoms with Gasteiger partial charge in [-0.05, 0) is 37.6 Å². The second-order valence-corrected chi connectivity index (χ2v) is 4.58. The largest absolute Gasteiger partial charge is 0.478 e. The third-order valence-corrected chi connectivity index (χ3v) is 2.77. The standard InChI is InChI=1S/C14H12ClNO3/c1-8-3-4-12(11(15)5-8)19-13-7-10(14(17)18)6-9(2)16-13/h3-7H,1-2H3,(H,17,18). The van der Waals surface area contributed by atoms with Gasteiger partial charge in [-0.3, -0.25) is 0 Å². The van der Waals surface area contributed by atoms with Gasteiger partial charge in [0.2, 0.25) is 5.88 Å². The highest BCUT2D eigenvalue weighted by molar-refractivity contribution is 6.32. The summed E-state index contributed by atoms with van der Waals surface area (Å²) in [4.78, 5) is 15.1. The molecule has 1 aromatic carbocycles. The first-order valence-electron chi connectivity index (χ1n) is 5.61. The predicted octanol–water partition coefficient (Wildman–Crippen LogP) is 3.84. The molecule has 0 fully saturated rings. The highest BCUT2D eigenvalue weighted by Crippen LogP contribution is 2.29. The van der Waals surface area contributed by atoms with E-state index in [1.54, 1.807) is 19.1 Å². The van der Waals surface area contributed by atoms with E-state index in [4.69, 9.17) is 21.4 Å². The molecule has 0 saturated heterocycles. The maximum absolute atomic E-state index is 11.0. The van der Waals surface area contributed by atoms with E-state index >= 15 is 0 Å². The van der Waals surface area contributed by atoms with Crippen LogP contribution in [0.5, 0.6) is 11.6 Å². The van der Waals surface area contributed by atoms with Gasteiger partial charge in [0.15, 0.2) is 0 Å². The Morgan fingerprint density at radius 1 is 1.26 bits per heavy atom. The number of carboxylic acid groups (broad SMARTS) is 1. The summed E-state index contributed by atoms with van der Waals surface area (Å²) < 4.78 is 5.53. The van der Waals surface area contributed by atoms with Gasteiger partial charge in [0.1, 0.15) is 5.75 Å². The van der Waals surface area contributed by atoms with Crippen molar-refractivity contribution in [3.05, 3.63) is 52.2 Å². The molecule has 0 aliphatic carbocycles. The van der Waals surface area contributed by atoms with E-state index in [1.807, 2.05) is 13.0 Å². The van der Waals surface area contributed by atoms with Crippen molar-refractivity contribution in [3.63, 3.8) is 0 Å². The van der Waals surface area contributed by atoms with Crippen LogP contribution in [-0.4, -0.2) is 16.1 Å². The average Bonchev–Trinajstić information content (AvgIpc) is 2.32. The lowest BCUT2D eigenvalue weighted by Gasteiger charge is -2.08. The number of ether oxygens (including phenoxy) is 1. The number of nitrogens with zero attached hydrogens (tertiary/aromatic N) is 1. The van der Waals surface area contributed by atoms with E-state index in [0.717, 1.165) is 5.56 Å². The van der Waals surface area contributed by atoms with Gasteiger partial charge >= 0.3 is 5.97 Å². The summed E-state index contributed by atoms with van der Waals surface area (Å²) in [7, 11) is 0. The first-order chi connectivity index (χ1) is 8.95. The molecule has 0 amide bonds. The molecule has 0 aliphatic heterocycles. The van der Waals surface area contributed by atoms with Crippen molar-refractivity contribution in [1.29, 1.82) is 0 Å². The third-order valence-electron chi connectivity index (χ3n) is 2.48. The minimum atomic E-state index is -1.02. The first-order valence-corrected chi connectivity index (χ1v) is 5.99. The van der Waals surface area contributed by atoms with Gasteiger partial charge in [0.25, 0.3) is 0 Å². The zero-order chi connectivity index (χ0) is 14.0. The number of aromatic nitrogens is 1. The topological polar surface area (TPSA) is 59.4 Å². The van der Waals surface area contributed by atoms with Gasteiger partial charge in [-0.1, -0.05) is 17.7 Å². The first kappa shape index (κ1) is 13.4. The Bertz CT molecular complexity index is 641. The predicted molar refractivity (Wildman–Crippen MR) is 72.2 cm³/mol. The Labute approximate surface area is 115 Å². The van der Waals surface area contributed by atoms with Crippen molar-refractivity contribution in [2.24, 2.45) is 0 Å². The number of aromatic carboxylic acids is 1. The summed E-state index contributed by atoms with van der Waals surface area (Å²) in [6.07, 6.45) is 0. The SMILES string of the molecule is Cc1ccc(Oc2cc(C(=O)O)cc(C)n2)c(Cl)c1. The van der Waals surface area contributed by atoms with Crippen molar-refractivity contribution >= 4 is 17.6 Å². The number of hydrogen-bond acceptors (Lipinski definition) is 3. The molecule has 4 nitrogen and oxygen atoms in total. The normalized spacial score (nSPS) is 10.3. The average molecular weight is 278 g/mol. The Kier molecular flexibility index (Phi) is 3.71. The fraction of sp³-hybridized carbons (Fsp3) is 0.143. The molecular formula is C14H12ClNO3. The van der Waals surface area contributed by atoms with Crippen molar-refractivity contribution in [2.75, 3.05) is 0 Å². The lowest BCUT2D eigenvalue weighted by molar-refractivity contribution is 0.0696. The Morgan fingerprint density at radius 3 is 2.63 bits per heavy atom. The molecule has 98 valence electrons. The van der Waals surface area contributed by atoms with Crippen LogP contribution >= 0.6 is 11.6 Å². The van der Waals surface area contributed by atoms with Crippen LogP contribution in [0.1, 0.15) is 21.6 Å². The molecule has 19 heavy (non-hydrogen) atoms. The molecule has 0 bridgehead atoms. The number of rotatable bonds is 3. The lowest BCUT2D eigenvalue weighted by Crippen LogP contribution is -2.00. The Balaban J connectivity index is 2.35.